The second-order valence-electron chi connectivity index (χ2n) is 6.30. The number of benzene rings is 3. The van der Waals surface area contributed by atoms with E-state index < -0.39 is 11.9 Å². The van der Waals surface area contributed by atoms with Gasteiger partial charge in [-0.2, -0.15) is 5.26 Å². The molecule has 6 nitrogen and oxygen atoms in total. The highest BCUT2D eigenvalue weighted by atomic mass is 35.5. The number of hydrogen-bond acceptors (Lipinski definition) is 5. The predicted octanol–water partition coefficient (Wildman–Crippen LogP) is 5.11. The summed E-state index contributed by atoms with van der Waals surface area (Å²) >= 11 is 5.84. The molecule has 0 saturated carbocycles. The lowest BCUT2D eigenvalue weighted by Gasteiger charge is -2.10. The Morgan fingerprint density at radius 2 is 1.71 bits per heavy atom. The average molecular weight is 433 g/mol. The summed E-state index contributed by atoms with van der Waals surface area (Å²) in [5.74, 6) is -0.629. The van der Waals surface area contributed by atoms with Crippen molar-refractivity contribution in [3.8, 4) is 17.6 Å². The monoisotopic (exact) mass is 432 g/mol. The quantitative estimate of drug-likeness (QED) is 0.253. The molecule has 154 valence electrons. The number of anilines is 1. The van der Waals surface area contributed by atoms with Gasteiger partial charge in [0.2, 0.25) is 0 Å². The van der Waals surface area contributed by atoms with E-state index in [-0.39, 0.29) is 11.3 Å². The minimum absolute atomic E-state index is 0.125. The number of carbonyl (C=O) groups excluding carboxylic acids is 2. The van der Waals surface area contributed by atoms with E-state index in [1.165, 1.54) is 19.3 Å². The Morgan fingerprint density at radius 3 is 2.35 bits per heavy atom. The molecule has 3 aromatic rings. The summed E-state index contributed by atoms with van der Waals surface area (Å²) in [6, 6.07) is 21.7. The van der Waals surface area contributed by atoms with Crippen LogP contribution in [0.1, 0.15) is 15.9 Å². The van der Waals surface area contributed by atoms with Crippen LogP contribution < -0.4 is 14.8 Å². The molecule has 0 aliphatic rings. The molecule has 0 bridgehead atoms. The molecule has 0 radical (unpaired) electrons. The van der Waals surface area contributed by atoms with Crippen molar-refractivity contribution >= 4 is 35.2 Å². The topological polar surface area (TPSA) is 88.4 Å². The lowest BCUT2D eigenvalue weighted by atomic mass is 10.1. The maximum absolute atomic E-state index is 12.5. The van der Waals surface area contributed by atoms with Gasteiger partial charge in [0.15, 0.2) is 11.5 Å². The van der Waals surface area contributed by atoms with Gasteiger partial charge in [0.05, 0.1) is 12.7 Å². The Bertz CT molecular complexity index is 1170. The maximum Gasteiger partial charge on any atom is 0.343 e. The van der Waals surface area contributed by atoms with Gasteiger partial charge in [0.1, 0.15) is 11.6 Å². The normalized spacial score (nSPS) is 10.7. The molecule has 3 rings (SSSR count). The predicted molar refractivity (Wildman–Crippen MR) is 118 cm³/mol. The van der Waals surface area contributed by atoms with Crippen molar-refractivity contribution in [2.24, 2.45) is 0 Å². The van der Waals surface area contributed by atoms with Crippen LogP contribution in [0, 0.1) is 11.3 Å². The highest BCUT2D eigenvalue weighted by Gasteiger charge is 2.14. The third-order valence-corrected chi connectivity index (χ3v) is 4.43. The second kappa shape index (κ2) is 10.1. The molecule has 0 aliphatic heterocycles. The Balaban J connectivity index is 1.83. The zero-order valence-electron chi connectivity index (χ0n) is 16.5. The Kier molecular flexibility index (Phi) is 7.05. The standard InChI is InChI=1S/C24H17ClN2O4/c1-30-21-12-7-16(14-22(21)31-24(29)17-5-3-2-4-6-17)13-18(15-26)23(28)27-20-10-8-19(25)9-11-20/h2-14H,1H3,(H,27,28)/b18-13+. The van der Waals surface area contributed by atoms with Crippen molar-refractivity contribution in [1.82, 2.24) is 0 Å². The number of esters is 1. The molecular formula is C24H17ClN2O4. The molecule has 0 spiro atoms. The molecular weight excluding hydrogens is 416 g/mol. The number of nitrogens with zero attached hydrogens (tertiary/aromatic N) is 1. The van der Waals surface area contributed by atoms with E-state index in [9.17, 15) is 14.9 Å². The van der Waals surface area contributed by atoms with Crippen molar-refractivity contribution in [3.05, 3.63) is 94.5 Å². The summed E-state index contributed by atoms with van der Waals surface area (Å²) in [6.45, 7) is 0. The van der Waals surface area contributed by atoms with Crippen molar-refractivity contribution in [2.75, 3.05) is 12.4 Å². The molecule has 0 aliphatic carbocycles. The first-order valence-corrected chi connectivity index (χ1v) is 9.52. The van der Waals surface area contributed by atoms with Gasteiger partial charge >= 0.3 is 5.97 Å². The number of halogens is 1. The van der Waals surface area contributed by atoms with Crippen molar-refractivity contribution in [2.45, 2.75) is 0 Å². The number of carbonyl (C=O) groups is 2. The zero-order valence-corrected chi connectivity index (χ0v) is 17.2. The minimum Gasteiger partial charge on any atom is -0.493 e. The Labute approximate surface area is 184 Å². The molecule has 0 atom stereocenters. The molecule has 3 aromatic carbocycles. The van der Waals surface area contributed by atoms with Crippen LogP contribution in [-0.4, -0.2) is 19.0 Å². The molecule has 0 unspecified atom stereocenters. The van der Waals surface area contributed by atoms with Crippen LogP contribution in [0.3, 0.4) is 0 Å². The van der Waals surface area contributed by atoms with Crippen LogP contribution >= 0.6 is 11.6 Å². The summed E-state index contributed by atoms with van der Waals surface area (Å²) in [4.78, 5) is 24.8. The van der Waals surface area contributed by atoms with Gasteiger partial charge in [-0.05, 0) is 60.2 Å². The highest BCUT2D eigenvalue weighted by molar-refractivity contribution is 6.30. The largest absolute Gasteiger partial charge is 0.493 e. The molecule has 0 aromatic heterocycles. The van der Waals surface area contributed by atoms with Gasteiger partial charge in [-0.15, -0.1) is 0 Å². The SMILES string of the molecule is COc1ccc(/C=C(\C#N)C(=O)Nc2ccc(Cl)cc2)cc1OC(=O)c1ccccc1. The van der Waals surface area contributed by atoms with Crippen molar-refractivity contribution < 1.29 is 19.1 Å². The third kappa shape index (κ3) is 5.72. The first-order chi connectivity index (χ1) is 15.0. The van der Waals surface area contributed by atoms with Gasteiger partial charge in [-0.1, -0.05) is 35.9 Å². The van der Waals surface area contributed by atoms with Gasteiger partial charge in [-0.25, -0.2) is 4.79 Å². The lowest BCUT2D eigenvalue weighted by molar-refractivity contribution is -0.112. The average Bonchev–Trinajstić information content (AvgIpc) is 2.79. The van der Waals surface area contributed by atoms with Gasteiger partial charge in [0, 0.05) is 10.7 Å². The summed E-state index contributed by atoms with van der Waals surface area (Å²) in [7, 11) is 1.45. The fourth-order valence-corrected chi connectivity index (χ4v) is 2.77. The molecule has 1 N–H and O–H groups in total. The first kappa shape index (κ1) is 21.6. The molecule has 0 heterocycles. The maximum atomic E-state index is 12.5. The van der Waals surface area contributed by atoms with E-state index in [1.807, 2.05) is 6.07 Å². The molecule has 31 heavy (non-hydrogen) atoms. The third-order valence-electron chi connectivity index (χ3n) is 4.18. The Morgan fingerprint density at radius 1 is 1.00 bits per heavy atom. The van der Waals surface area contributed by atoms with Crippen LogP contribution in [0.4, 0.5) is 5.69 Å². The fraction of sp³-hybridized carbons (Fsp3) is 0.0417. The summed E-state index contributed by atoms with van der Waals surface area (Å²) in [5, 5.41) is 12.6. The number of hydrogen-bond donors (Lipinski definition) is 1. The number of methoxy groups -OCH3 is 1. The number of amides is 1. The highest BCUT2D eigenvalue weighted by Crippen LogP contribution is 2.30. The molecule has 7 heteroatoms. The lowest BCUT2D eigenvalue weighted by Crippen LogP contribution is -2.13. The van der Waals surface area contributed by atoms with Crippen LogP contribution in [0.2, 0.25) is 5.02 Å². The van der Waals surface area contributed by atoms with E-state index >= 15 is 0 Å². The first-order valence-electron chi connectivity index (χ1n) is 9.14. The fourth-order valence-electron chi connectivity index (χ4n) is 2.64. The second-order valence-corrected chi connectivity index (χ2v) is 6.73. The molecule has 1 amide bonds. The van der Waals surface area contributed by atoms with Crippen LogP contribution in [0.5, 0.6) is 11.5 Å². The van der Waals surface area contributed by atoms with E-state index in [2.05, 4.69) is 5.32 Å². The van der Waals surface area contributed by atoms with Crippen LogP contribution in [-0.2, 0) is 4.79 Å². The number of nitriles is 1. The van der Waals surface area contributed by atoms with Gasteiger partial charge in [0.25, 0.3) is 5.91 Å². The molecule has 0 fully saturated rings. The van der Waals surface area contributed by atoms with Gasteiger partial charge in [-0.3, -0.25) is 4.79 Å². The number of nitrogens with one attached hydrogen (secondary N) is 1. The van der Waals surface area contributed by atoms with E-state index in [0.29, 0.717) is 27.6 Å². The zero-order chi connectivity index (χ0) is 22.2. The summed E-state index contributed by atoms with van der Waals surface area (Å²) in [6.07, 6.45) is 1.39. The van der Waals surface area contributed by atoms with E-state index in [4.69, 9.17) is 21.1 Å². The van der Waals surface area contributed by atoms with Crippen LogP contribution in [0.25, 0.3) is 6.08 Å². The molecule has 0 saturated heterocycles. The minimum atomic E-state index is -0.580. The Hall–Kier alpha value is -4.08. The summed E-state index contributed by atoms with van der Waals surface area (Å²) < 4.78 is 10.7. The van der Waals surface area contributed by atoms with E-state index in [0.717, 1.165) is 0 Å². The summed E-state index contributed by atoms with van der Waals surface area (Å²) in [5.41, 5.74) is 1.24. The smallest absolute Gasteiger partial charge is 0.343 e. The number of ether oxygens (including phenoxy) is 2. The van der Waals surface area contributed by atoms with Crippen molar-refractivity contribution in [1.29, 1.82) is 5.26 Å². The van der Waals surface area contributed by atoms with Crippen molar-refractivity contribution in [3.63, 3.8) is 0 Å². The number of rotatable bonds is 6. The van der Waals surface area contributed by atoms with Crippen LogP contribution in [0.15, 0.2) is 78.4 Å². The van der Waals surface area contributed by atoms with E-state index in [1.54, 1.807) is 66.7 Å². The van der Waals surface area contributed by atoms with Gasteiger partial charge < -0.3 is 14.8 Å².